The molecule has 0 N–H and O–H groups in total. The largest absolute Gasteiger partial charge is 0.294 e. The van der Waals surface area contributed by atoms with Gasteiger partial charge in [-0.2, -0.15) is 0 Å². The molecule has 0 heterocycles. The summed E-state index contributed by atoms with van der Waals surface area (Å²) in [5.41, 5.74) is 2.11. The summed E-state index contributed by atoms with van der Waals surface area (Å²) in [4.78, 5) is 12.2. The van der Waals surface area contributed by atoms with Gasteiger partial charge in [-0.15, -0.1) is 0 Å². The van der Waals surface area contributed by atoms with Crippen LogP contribution in [0.2, 0.25) is 0 Å². The Kier molecular flexibility index (Phi) is 3.04. The Morgan fingerprint density at radius 2 is 1.67 bits per heavy atom. The molecule has 2 heteroatoms. The Balaban J connectivity index is 1.75. The lowest BCUT2D eigenvalue weighted by Gasteiger charge is -2.01. The topological polar surface area (TPSA) is 17.1 Å². The molecule has 3 rings (SSSR count). The summed E-state index contributed by atoms with van der Waals surface area (Å²) in [6.07, 6.45) is 0.982. The van der Waals surface area contributed by atoms with Crippen molar-refractivity contribution in [1.82, 2.24) is 0 Å². The molecule has 1 saturated carbocycles. The molecule has 0 spiro atoms. The van der Waals surface area contributed by atoms with Crippen molar-refractivity contribution in [3.63, 3.8) is 0 Å². The molecular weight excluding hydrogens is 288 g/mol. The normalized spacial score (nSPS) is 21.6. The number of hydrogen-bond acceptors (Lipinski definition) is 1. The third-order valence-electron chi connectivity index (χ3n) is 3.48. The van der Waals surface area contributed by atoms with Crippen molar-refractivity contribution >= 4 is 21.7 Å². The highest BCUT2D eigenvalue weighted by molar-refractivity contribution is 9.10. The molecular formula is C16H13BrO. The average molecular weight is 301 g/mol. The van der Waals surface area contributed by atoms with Crippen LogP contribution in [0, 0.1) is 5.92 Å². The zero-order valence-corrected chi connectivity index (χ0v) is 11.4. The molecule has 2 atom stereocenters. The number of carbonyl (C=O) groups is 1. The summed E-state index contributed by atoms with van der Waals surface area (Å²) >= 11 is 3.43. The lowest BCUT2D eigenvalue weighted by molar-refractivity contribution is 0.0965. The van der Waals surface area contributed by atoms with E-state index in [1.807, 2.05) is 42.5 Å². The van der Waals surface area contributed by atoms with Crippen LogP contribution in [0.1, 0.15) is 28.3 Å². The fourth-order valence-corrected chi connectivity index (χ4v) is 2.64. The molecule has 0 bridgehead atoms. The highest BCUT2D eigenvalue weighted by atomic mass is 79.9. The zero-order chi connectivity index (χ0) is 12.5. The molecule has 0 amide bonds. The summed E-state index contributed by atoms with van der Waals surface area (Å²) in [7, 11) is 0. The van der Waals surface area contributed by atoms with Gasteiger partial charge in [0.05, 0.1) is 0 Å². The van der Waals surface area contributed by atoms with E-state index in [0.717, 1.165) is 16.5 Å². The molecule has 0 unspecified atom stereocenters. The van der Waals surface area contributed by atoms with Crippen LogP contribution in [0.25, 0.3) is 0 Å². The summed E-state index contributed by atoms with van der Waals surface area (Å²) in [5, 5.41) is 0. The molecule has 2 aromatic rings. The van der Waals surface area contributed by atoms with Crippen LogP contribution in [0.5, 0.6) is 0 Å². The Bertz CT molecular complexity index is 559. The maximum atomic E-state index is 12.2. The van der Waals surface area contributed by atoms with Gasteiger partial charge in [0.15, 0.2) is 5.78 Å². The number of carbonyl (C=O) groups excluding carboxylic acids is 1. The van der Waals surface area contributed by atoms with Gasteiger partial charge in [-0.25, -0.2) is 0 Å². The van der Waals surface area contributed by atoms with Gasteiger partial charge in [0.25, 0.3) is 0 Å². The molecule has 0 radical (unpaired) electrons. The molecule has 0 aromatic heterocycles. The van der Waals surface area contributed by atoms with E-state index in [1.165, 1.54) is 5.56 Å². The van der Waals surface area contributed by atoms with Gasteiger partial charge in [0, 0.05) is 16.0 Å². The number of benzene rings is 2. The minimum atomic E-state index is 0.175. The quantitative estimate of drug-likeness (QED) is 0.766. The number of halogens is 1. The molecule has 2 aromatic carbocycles. The fourth-order valence-electron chi connectivity index (χ4n) is 2.38. The first-order chi connectivity index (χ1) is 8.75. The highest BCUT2D eigenvalue weighted by Crippen LogP contribution is 2.49. The van der Waals surface area contributed by atoms with Gasteiger partial charge < -0.3 is 0 Å². The molecule has 90 valence electrons. The van der Waals surface area contributed by atoms with Gasteiger partial charge in [-0.05, 0) is 30.0 Å². The number of rotatable bonds is 3. The van der Waals surface area contributed by atoms with E-state index in [0.29, 0.717) is 5.92 Å². The van der Waals surface area contributed by atoms with Crippen LogP contribution in [0.15, 0.2) is 59.1 Å². The lowest BCUT2D eigenvalue weighted by Crippen LogP contribution is -2.02. The van der Waals surface area contributed by atoms with Gasteiger partial charge in [-0.1, -0.05) is 58.4 Å². The van der Waals surface area contributed by atoms with Gasteiger partial charge in [0.2, 0.25) is 0 Å². The van der Waals surface area contributed by atoms with E-state index in [1.54, 1.807) is 0 Å². The van der Waals surface area contributed by atoms with Crippen molar-refractivity contribution < 1.29 is 4.79 Å². The highest BCUT2D eigenvalue weighted by Gasteiger charge is 2.43. The molecule has 1 fully saturated rings. The smallest absolute Gasteiger partial charge is 0.166 e. The SMILES string of the molecule is O=C(c1ccccc1)[C@@H]1C[C@H]1c1ccc(Br)cc1. The van der Waals surface area contributed by atoms with Crippen molar-refractivity contribution in [3.8, 4) is 0 Å². The summed E-state index contributed by atoms with van der Waals surface area (Å²) in [5.74, 6) is 0.864. The Morgan fingerprint density at radius 1 is 1.00 bits per heavy atom. The first-order valence-electron chi connectivity index (χ1n) is 6.10. The summed E-state index contributed by atoms with van der Waals surface area (Å²) < 4.78 is 1.08. The predicted molar refractivity (Wildman–Crippen MR) is 75.8 cm³/mol. The van der Waals surface area contributed by atoms with E-state index >= 15 is 0 Å². The fraction of sp³-hybridized carbons (Fsp3) is 0.188. The van der Waals surface area contributed by atoms with Crippen LogP contribution in [0.4, 0.5) is 0 Å². The Hall–Kier alpha value is -1.41. The minimum absolute atomic E-state index is 0.175. The number of Topliss-reactive ketones (excluding diaryl/α,β-unsaturated/α-hetero) is 1. The molecule has 1 aliphatic carbocycles. The van der Waals surface area contributed by atoms with Crippen molar-refractivity contribution in [1.29, 1.82) is 0 Å². The molecule has 1 aliphatic rings. The van der Waals surface area contributed by atoms with E-state index in [4.69, 9.17) is 0 Å². The molecule has 0 saturated heterocycles. The van der Waals surface area contributed by atoms with E-state index < -0.39 is 0 Å². The minimum Gasteiger partial charge on any atom is -0.294 e. The maximum Gasteiger partial charge on any atom is 0.166 e. The van der Waals surface area contributed by atoms with E-state index in [-0.39, 0.29) is 11.7 Å². The standard InChI is InChI=1S/C16H13BrO/c17-13-8-6-11(7-9-13)14-10-15(14)16(18)12-4-2-1-3-5-12/h1-9,14-15H,10H2/t14-,15+/m0/s1. The van der Waals surface area contributed by atoms with Crippen LogP contribution in [-0.2, 0) is 0 Å². The number of ketones is 1. The second-order valence-corrected chi connectivity index (χ2v) is 5.65. The van der Waals surface area contributed by atoms with E-state index in [2.05, 4.69) is 28.1 Å². The van der Waals surface area contributed by atoms with Crippen molar-refractivity contribution in [3.05, 3.63) is 70.2 Å². The second kappa shape index (κ2) is 4.69. The third kappa shape index (κ3) is 2.25. The zero-order valence-electron chi connectivity index (χ0n) is 9.84. The van der Waals surface area contributed by atoms with Crippen molar-refractivity contribution in [2.45, 2.75) is 12.3 Å². The summed E-state index contributed by atoms with van der Waals surface area (Å²) in [6.45, 7) is 0. The van der Waals surface area contributed by atoms with Gasteiger partial charge in [0.1, 0.15) is 0 Å². The van der Waals surface area contributed by atoms with Crippen LogP contribution < -0.4 is 0 Å². The van der Waals surface area contributed by atoms with E-state index in [9.17, 15) is 4.79 Å². The maximum absolute atomic E-state index is 12.2. The average Bonchev–Trinajstić information content (AvgIpc) is 3.20. The predicted octanol–water partition coefficient (Wildman–Crippen LogP) is 4.44. The molecule has 0 aliphatic heterocycles. The number of hydrogen-bond donors (Lipinski definition) is 0. The van der Waals surface area contributed by atoms with Crippen LogP contribution >= 0.6 is 15.9 Å². The summed E-state index contributed by atoms with van der Waals surface area (Å²) in [6, 6.07) is 17.9. The first-order valence-corrected chi connectivity index (χ1v) is 6.90. The Labute approximate surface area is 115 Å². The van der Waals surface area contributed by atoms with Crippen molar-refractivity contribution in [2.75, 3.05) is 0 Å². The molecule has 1 nitrogen and oxygen atoms in total. The third-order valence-corrected chi connectivity index (χ3v) is 4.01. The van der Waals surface area contributed by atoms with Crippen LogP contribution in [-0.4, -0.2) is 5.78 Å². The van der Waals surface area contributed by atoms with Gasteiger partial charge in [-0.3, -0.25) is 4.79 Å². The second-order valence-electron chi connectivity index (χ2n) is 4.73. The lowest BCUT2D eigenvalue weighted by atomic mass is 10.0. The van der Waals surface area contributed by atoms with Crippen LogP contribution in [0.3, 0.4) is 0 Å². The van der Waals surface area contributed by atoms with Crippen molar-refractivity contribution in [2.24, 2.45) is 5.92 Å². The monoisotopic (exact) mass is 300 g/mol. The Morgan fingerprint density at radius 3 is 2.33 bits per heavy atom. The van der Waals surface area contributed by atoms with Gasteiger partial charge >= 0.3 is 0 Å². The molecule has 18 heavy (non-hydrogen) atoms. The first kappa shape index (κ1) is 11.7.